The first kappa shape index (κ1) is 16.5. The van der Waals surface area contributed by atoms with Crippen LogP contribution in [0.1, 0.15) is 63.4 Å². The summed E-state index contributed by atoms with van der Waals surface area (Å²) < 4.78 is 0. The molecule has 1 aromatic rings. The van der Waals surface area contributed by atoms with Crippen LogP contribution in [-0.2, 0) is 4.79 Å². The van der Waals surface area contributed by atoms with Gasteiger partial charge in [0.15, 0.2) is 0 Å². The molecule has 2 aliphatic carbocycles. The molecule has 0 saturated heterocycles. The van der Waals surface area contributed by atoms with Crippen LogP contribution in [0.4, 0.5) is 0 Å². The Balaban J connectivity index is 1.66. The summed E-state index contributed by atoms with van der Waals surface area (Å²) in [4.78, 5) is 15.3. The number of carbonyl (C=O) groups is 1. The molecule has 2 fully saturated rings. The number of hydrogen-bond donors (Lipinski definition) is 1. The van der Waals surface area contributed by atoms with E-state index in [0.717, 1.165) is 37.7 Å². The Morgan fingerprint density at radius 1 is 1.09 bits per heavy atom. The van der Waals surface area contributed by atoms with Crippen LogP contribution < -0.4 is 0 Å². The molecule has 3 rings (SSSR count). The highest BCUT2D eigenvalue weighted by Crippen LogP contribution is 2.38. The molecule has 3 nitrogen and oxygen atoms in total. The smallest absolute Gasteiger partial charge is 0.230 e. The summed E-state index contributed by atoms with van der Waals surface area (Å²) >= 11 is 0. The van der Waals surface area contributed by atoms with E-state index in [1.54, 1.807) is 0 Å². The van der Waals surface area contributed by atoms with Crippen LogP contribution in [0.3, 0.4) is 0 Å². The first-order valence-electron chi connectivity index (χ1n) is 9.18. The molecule has 1 aromatic carbocycles. The van der Waals surface area contributed by atoms with Crippen LogP contribution in [0.2, 0.25) is 0 Å². The first-order valence-corrected chi connectivity index (χ1v) is 9.18. The minimum Gasteiger partial charge on any atom is -0.396 e. The van der Waals surface area contributed by atoms with E-state index in [4.69, 9.17) is 5.11 Å². The molecule has 2 aliphatic rings. The Morgan fingerprint density at radius 3 is 2.17 bits per heavy atom. The Kier molecular flexibility index (Phi) is 5.37. The Hall–Kier alpha value is -1.35. The lowest BCUT2D eigenvalue weighted by molar-refractivity contribution is -0.136. The van der Waals surface area contributed by atoms with Crippen molar-refractivity contribution in [2.45, 2.75) is 69.9 Å². The van der Waals surface area contributed by atoms with Gasteiger partial charge < -0.3 is 10.0 Å². The van der Waals surface area contributed by atoms with Crippen molar-refractivity contribution in [1.29, 1.82) is 0 Å². The van der Waals surface area contributed by atoms with Gasteiger partial charge in [0.1, 0.15) is 0 Å². The van der Waals surface area contributed by atoms with Gasteiger partial charge in [-0.2, -0.15) is 0 Å². The van der Waals surface area contributed by atoms with Crippen LogP contribution in [0.15, 0.2) is 30.3 Å². The molecule has 126 valence electrons. The van der Waals surface area contributed by atoms with Crippen LogP contribution in [0, 0.1) is 5.92 Å². The Morgan fingerprint density at radius 2 is 1.65 bits per heavy atom. The summed E-state index contributed by atoms with van der Waals surface area (Å²) in [5.74, 6) is 0.912. The standard InChI is InChI=1S/C20H29NO2/c1-15(17-5-3-2-4-6-17)20(23)21(19-11-12-19)18-9-7-16(8-10-18)13-14-22/h2-6,15-16,18-19,22H,7-14H2,1H3/t15?,16-,18-. The van der Waals surface area contributed by atoms with Gasteiger partial charge in [-0.1, -0.05) is 30.3 Å². The molecule has 2 saturated carbocycles. The molecule has 1 N–H and O–H groups in total. The van der Waals surface area contributed by atoms with Crippen LogP contribution in [0.5, 0.6) is 0 Å². The van der Waals surface area contributed by atoms with Gasteiger partial charge in [0.2, 0.25) is 5.91 Å². The molecule has 0 aromatic heterocycles. The van der Waals surface area contributed by atoms with E-state index in [0.29, 0.717) is 30.5 Å². The monoisotopic (exact) mass is 315 g/mol. The second-order valence-corrected chi connectivity index (χ2v) is 7.30. The number of aliphatic hydroxyl groups is 1. The third-order valence-electron chi connectivity index (χ3n) is 5.61. The Labute approximate surface area is 139 Å². The van der Waals surface area contributed by atoms with Crippen molar-refractivity contribution in [3.8, 4) is 0 Å². The van der Waals surface area contributed by atoms with Crippen LogP contribution in [0.25, 0.3) is 0 Å². The number of rotatable bonds is 6. The third kappa shape index (κ3) is 3.95. The summed E-state index contributed by atoms with van der Waals surface area (Å²) in [6.07, 6.45) is 7.78. The zero-order chi connectivity index (χ0) is 16.2. The summed E-state index contributed by atoms with van der Waals surface area (Å²) in [7, 11) is 0. The van der Waals surface area contributed by atoms with Gasteiger partial charge >= 0.3 is 0 Å². The van der Waals surface area contributed by atoms with E-state index in [9.17, 15) is 4.79 Å². The van der Waals surface area contributed by atoms with E-state index in [2.05, 4.69) is 17.0 Å². The molecule has 0 radical (unpaired) electrons. The van der Waals surface area contributed by atoms with Crippen molar-refractivity contribution < 1.29 is 9.90 Å². The average Bonchev–Trinajstić information content (AvgIpc) is 3.42. The lowest BCUT2D eigenvalue weighted by Gasteiger charge is -2.38. The molecule has 1 amide bonds. The fourth-order valence-electron chi connectivity index (χ4n) is 4.01. The first-order chi connectivity index (χ1) is 11.2. The van der Waals surface area contributed by atoms with E-state index in [1.807, 2.05) is 25.1 Å². The maximum Gasteiger partial charge on any atom is 0.230 e. The average molecular weight is 315 g/mol. The topological polar surface area (TPSA) is 40.5 Å². The summed E-state index contributed by atoms with van der Waals surface area (Å²) in [6, 6.07) is 11.0. The summed E-state index contributed by atoms with van der Waals surface area (Å²) in [5, 5.41) is 9.11. The summed E-state index contributed by atoms with van der Waals surface area (Å²) in [5.41, 5.74) is 1.12. The minimum atomic E-state index is -0.0491. The number of amides is 1. The predicted molar refractivity (Wildman–Crippen MR) is 92.2 cm³/mol. The molecular formula is C20H29NO2. The number of carbonyl (C=O) groups excluding carboxylic acids is 1. The second-order valence-electron chi connectivity index (χ2n) is 7.30. The van der Waals surface area contributed by atoms with Gasteiger partial charge in [0.05, 0.1) is 5.92 Å². The van der Waals surface area contributed by atoms with E-state index >= 15 is 0 Å². The molecule has 3 heteroatoms. The number of nitrogens with zero attached hydrogens (tertiary/aromatic N) is 1. The van der Waals surface area contributed by atoms with Gasteiger partial charge in [0.25, 0.3) is 0 Å². The quantitative estimate of drug-likeness (QED) is 0.869. The molecule has 0 aliphatic heterocycles. The highest BCUT2D eigenvalue weighted by molar-refractivity contribution is 5.84. The highest BCUT2D eigenvalue weighted by atomic mass is 16.3. The number of hydrogen-bond acceptors (Lipinski definition) is 2. The van der Waals surface area contributed by atoms with Crippen molar-refractivity contribution in [3.63, 3.8) is 0 Å². The van der Waals surface area contributed by atoms with Crippen LogP contribution in [-0.4, -0.2) is 34.6 Å². The number of aliphatic hydroxyl groups excluding tert-OH is 1. The lowest BCUT2D eigenvalue weighted by atomic mass is 9.83. The lowest BCUT2D eigenvalue weighted by Crippen LogP contribution is -2.45. The maximum absolute atomic E-state index is 13.1. The summed E-state index contributed by atoms with van der Waals surface area (Å²) in [6.45, 7) is 2.34. The molecule has 23 heavy (non-hydrogen) atoms. The minimum absolute atomic E-state index is 0.0491. The van der Waals surface area contributed by atoms with E-state index in [-0.39, 0.29) is 5.92 Å². The molecule has 0 heterocycles. The van der Waals surface area contributed by atoms with Crippen molar-refractivity contribution in [2.24, 2.45) is 5.92 Å². The molecule has 0 bridgehead atoms. The highest BCUT2D eigenvalue weighted by Gasteiger charge is 2.40. The predicted octanol–water partition coefficient (Wildman–Crippen LogP) is 3.72. The zero-order valence-electron chi connectivity index (χ0n) is 14.2. The maximum atomic E-state index is 13.1. The second kappa shape index (κ2) is 7.48. The fraction of sp³-hybridized carbons (Fsp3) is 0.650. The Bertz CT molecular complexity index is 504. The van der Waals surface area contributed by atoms with Gasteiger partial charge in [-0.25, -0.2) is 0 Å². The fourth-order valence-corrected chi connectivity index (χ4v) is 4.01. The largest absolute Gasteiger partial charge is 0.396 e. The molecule has 0 spiro atoms. The van der Waals surface area contributed by atoms with Crippen molar-refractivity contribution >= 4 is 5.91 Å². The van der Waals surface area contributed by atoms with Crippen LogP contribution >= 0.6 is 0 Å². The SMILES string of the molecule is CC(C(=O)N(C1CC1)[C@H]1CC[C@H](CCO)CC1)c1ccccc1. The van der Waals surface area contributed by atoms with Gasteiger partial charge in [-0.3, -0.25) is 4.79 Å². The molecule has 1 atom stereocenters. The van der Waals surface area contributed by atoms with Crippen molar-refractivity contribution in [1.82, 2.24) is 4.90 Å². The zero-order valence-corrected chi connectivity index (χ0v) is 14.2. The van der Waals surface area contributed by atoms with Crippen molar-refractivity contribution in [2.75, 3.05) is 6.61 Å². The normalized spacial score (nSPS) is 25.8. The van der Waals surface area contributed by atoms with Gasteiger partial charge in [-0.05, 0) is 63.4 Å². The third-order valence-corrected chi connectivity index (χ3v) is 5.61. The molecule has 1 unspecified atom stereocenters. The molecular weight excluding hydrogens is 286 g/mol. The van der Waals surface area contributed by atoms with E-state index in [1.165, 1.54) is 12.8 Å². The van der Waals surface area contributed by atoms with Crippen molar-refractivity contribution in [3.05, 3.63) is 35.9 Å². The van der Waals surface area contributed by atoms with E-state index < -0.39 is 0 Å². The number of benzene rings is 1. The van der Waals surface area contributed by atoms with Gasteiger partial charge in [0, 0.05) is 18.7 Å². The van der Waals surface area contributed by atoms with Gasteiger partial charge in [-0.15, -0.1) is 0 Å².